The fraction of sp³-hybridized carbons (Fsp3) is 0.500. The molecule has 0 spiro atoms. The Hall–Kier alpha value is -2.77. The molecule has 2 aromatic rings. The molecule has 0 unspecified atom stereocenters. The number of alkyl halides is 6. The number of rotatable bonds is 3. The van der Waals surface area contributed by atoms with Crippen LogP contribution in [0.2, 0.25) is 0 Å². The average molecular weight is 413 g/mol. The Morgan fingerprint density at radius 1 is 1.18 bits per heavy atom. The van der Waals surface area contributed by atoms with Gasteiger partial charge in [-0.05, 0) is 0 Å². The lowest BCUT2D eigenvalue weighted by Crippen LogP contribution is -2.44. The lowest BCUT2D eigenvalue weighted by atomic mass is 10.2. The number of aromatic nitrogens is 3. The molecule has 1 aliphatic heterocycles. The van der Waals surface area contributed by atoms with Crippen LogP contribution in [0.15, 0.2) is 10.9 Å². The molecule has 3 rings (SSSR count). The molecule has 0 atom stereocenters. The summed E-state index contributed by atoms with van der Waals surface area (Å²) in [6.45, 7) is 0.153. The number of anilines is 1. The van der Waals surface area contributed by atoms with Gasteiger partial charge < -0.3 is 15.0 Å². The van der Waals surface area contributed by atoms with Crippen molar-refractivity contribution in [3.63, 3.8) is 0 Å². The predicted molar refractivity (Wildman–Crippen MR) is 81.7 cm³/mol. The molecule has 154 valence electrons. The maximum absolute atomic E-state index is 13.4. The summed E-state index contributed by atoms with van der Waals surface area (Å²) < 4.78 is 81.6. The van der Waals surface area contributed by atoms with E-state index in [-0.39, 0.29) is 13.1 Å². The van der Waals surface area contributed by atoms with E-state index in [9.17, 15) is 35.9 Å². The van der Waals surface area contributed by atoms with Crippen LogP contribution in [0.4, 0.5) is 32.0 Å². The quantitative estimate of drug-likeness (QED) is 0.578. The Labute approximate surface area is 152 Å². The lowest BCUT2D eigenvalue weighted by Gasteiger charge is -2.29. The number of H-pyrrole nitrogens is 1. The van der Waals surface area contributed by atoms with Gasteiger partial charge in [0, 0.05) is 32.2 Å². The van der Waals surface area contributed by atoms with Crippen LogP contribution >= 0.6 is 0 Å². The van der Waals surface area contributed by atoms with E-state index in [0.717, 1.165) is 0 Å². The summed E-state index contributed by atoms with van der Waals surface area (Å²) in [5.74, 6) is -2.50. The van der Waals surface area contributed by atoms with Crippen molar-refractivity contribution in [2.24, 2.45) is 0 Å². The maximum Gasteiger partial charge on any atom is 0.490 e. The fourth-order valence-electron chi connectivity index (χ4n) is 2.75. The molecule has 28 heavy (non-hydrogen) atoms. The SMILES string of the molecule is O=C(OCc1cc(=O)n2[nH]c(C(F)(F)F)c(N3CCNCC3)c2n1)C(F)(F)F. The minimum atomic E-state index is -5.25. The number of fused-ring (bicyclic) bond motifs is 1. The number of esters is 1. The summed E-state index contributed by atoms with van der Waals surface area (Å²) in [6.07, 6.45) is -10.1. The van der Waals surface area contributed by atoms with Crippen LogP contribution in [-0.2, 0) is 22.3 Å². The third-order valence-electron chi connectivity index (χ3n) is 3.94. The van der Waals surface area contributed by atoms with Crippen molar-refractivity contribution in [1.82, 2.24) is 19.9 Å². The summed E-state index contributed by atoms with van der Waals surface area (Å²) in [6, 6.07) is 0.689. The highest BCUT2D eigenvalue weighted by molar-refractivity contribution is 5.75. The maximum atomic E-state index is 13.4. The minimum absolute atomic E-state index is 0.194. The van der Waals surface area contributed by atoms with Gasteiger partial charge in [-0.25, -0.2) is 9.78 Å². The highest BCUT2D eigenvalue weighted by Gasteiger charge is 2.41. The van der Waals surface area contributed by atoms with Crippen molar-refractivity contribution >= 4 is 17.3 Å². The standard InChI is InChI=1S/C14H13F6N5O3/c15-13(16,17)10-9(24-3-1-21-2-4-24)11-22-7(5-8(26)25(11)23-10)6-28-12(27)14(18,19)20/h5,21,23H,1-4,6H2. The number of carbonyl (C=O) groups excluding carboxylic acids is 1. The second-order valence-corrected chi connectivity index (χ2v) is 5.89. The van der Waals surface area contributed by atoms with E-state index in [2.05, 4.69) is 15.0 Å². The third kappa shape index (κ3) is 3.90. The molecule has 1 aliphatic rings. The average Bonchev–Trinajstić information content (AvgIpc) is 3.00. The first kappa shape index (κ1) is 20.0. The molecular weight excluding hydrogens is 400 g/mol. The van der Waals surface area contributed by atoms with Crippen molar-refractivity contribution in [2.45, 2.75) is 19.0 Å². The highest BCUT2D eigenvalue weighted by Crippen LogP contribution is 2.37. The van der Waals surface area contributed by atoms with Gasteiger partial charge in [-0.15, -0.1) is 0 Å². The van der Waals surface area contributed by atoms with Crippen LogP contribution < -0.4 is 15.8 Å². The van der Waals surface area contributed by atoms with E-state index in [1.54, 1.807) is 0 Å². The molecule has 0 radical (unpaired) electrons. The minimum Gasteiger partial charge on any atom is -0.453 e. The van der Waals surface area contributed by atoms with Gasteiger partial charge in [0.15, 0.2) is 11.3 Å². The second kappa shape index (κ2) is 7.00. The van der Waals surface area contributed by atoms with Crippen molar-refractivity contribution in [2.75, 3.05) is 31.1 Å². The molecule has 1 fully saturated rings. The smallest absolute Gasteiger partial charge is 0.453 e. The molecule has 0 amide bonds. The first-order valence-corrected chi connectivity index (χ1v) is 7.90. The molecule has 14 heteroatoms. The Morgan fingerprint density at radius 3 is 2.39 bits per heavy atom. The first-order valence-electron chi connectivity index (χ1n) is 7.90. The van der Waals surface area contributed by atoms with E-state index in [1.807, 2.05) is 5.10 Å². The Balaban J connectivity index is 2.06. The molecule has 0 aliphatic carbocycles. The van der Waals surface area contributed by atoms with E-state index < -0.39 is 53.2 Å². The number of carbonyl (C=O) groups is 1. The Bertz CT molecular complexity index is 942. The summed E-state index contributed by atoms with van der Waals surface area (Å²) in [5.41, 5.74) is -3.42. The molecule has 3 heterocycles. The number of nitrogens with zero attached hydrogens (tertiary/aromatic N) is 3. The number of piperazine rings is 1. The highest BCUT2D eigenvalue weighted by atomic mass is 19.4. The van der Waals surface area contributed by atoms with Crippen LogP contribution in [0.5, 0.6) is 0 Å². The topological polar surface area (TPSA) is 91.7 Å². The van der Waals surface area contributed by atoms with Crippen molar-refractivity contribution in [3.8, 4) is 0 Å². The fourth-order valence-corrected chi connectivity index (χ4v) is 2.75. The zero-order chi connectivity index (χ0) is 20.7. The molecule has 8 nitrogen and oxygen atoms in total. The molecule has 0 saturated carbocycles. The van der Waals surface area contributed by atoms with E-state index in [0.29, 0.717) is 23.7 Å². The zero-order valence-electron chi connectivity index (χ0n) is 13.9. The lowest BCUT2D eigenvalue weighted by molar-refractivity contribution is -0.201. The first-order chi connectivity index (χ1) is 13.0. The summed E-state index contributed by atoms with van der Waals surface area (Å²) in [7, 11) is 0. The Morgan fingerprint density at radius 2 is 1.82 bits per heavy atom. The molecular formula is C14H13F6N5O3. The number of aromatic amines is 1. The van der Waals surface area contributed by atoms with Gasteiger partial charge in [0.05, 0.1) is 5.69 Å². The Kier molecular flexibility index (Phi) is 4.99. The molecule has 2 N–H and O–H groups in total. The van der Waals surface area contributed by atoms with E-state index in [4.69, 9.17) is 0 Å². The summed E-state index contributed by atoms with van der Waals surface area (Å²) in [5, 5.41) is 4.92. The molecule has 0 aromatic carbocycles. The van der Waals surface area contributed by atoms with Crippen LogP contribution in [0.1, 0.15) is 11.4 Å². The van der Waals surface area contributed by atoms with Gasteiger partial charge in [0.1, 0.15) is 12.3 Å². The third-order valence-corrected chi connectivity index (χ3v) is 3.94. The number of hydrogen-bond acceptors (Lipinski definition) is 6. The molecule has 0 bridgehead atoms. The van der Waals surface area contributed by atoms with Crippen LogP contribution in [0.25, 0.3) is 5.65 Å². The largest absolute Gasteiger partial charge is 0.490 e. The molecule has 1 saturated heterocycles. The monoisotopic (exact) mass is 413 g/mol. The van der Waals surface area contributed by atoms with E-state index >= 15 is 0 Å². The number of hydrogen-bond donors (Lipinski definition) is 2. The van der Waals surface area contributed by atoms with Gasteiger partial charge in [-0.1, -0.05) is 0 Å². The van der Waals surface area contributed by atoms with Crippen LogP contribution in [0.3, 0.4) is 0 Å². The molecule has 2 aromatic heterocycles. The van der Waals surface area contributed by atoms with Crippen molar-refractivity contribution < 1.29 is 35.9 Å². The number of halogens is 6. The van der Waals surface area contributed by atoms with Crippen molar-refractivity contribution in [1.29, 1.82) is 0 Å². The van der Waals surface area contributed by atoms with Gasteiger partial charge in [-0.3, -0.25) is 9.89 Å². The predicted octanol–water partition coefficient (Wildman–Crippen LogP) is 1.06. The van der Waals surface area contributed by atoms with Gasteiger partial charge in [0.2, 0.25) is 0 Å². The normalized spacial score (nSPS) is 15.9. The van der Waals surface area contributed by atoms with Crippen LogP contribution in [0, 0.1) is 0 Å². The van der Waals surface area contributed by atoms with Crippen molar-refractivity contribution in [3.05, 3.63) is 27.8 Å². The van der Waals surface area contributed by atoms with Gasteiger partial charge in [-0.2, -0.15) is 30.9 Å². The number of ether oxygens (including phenoxy) is 1. The van der Waals surface area contributed by atoms with E-state index in [1.165, 1.54) is 4.90 Å². The number of nitrogens with one attached hydrogen (secondary N) is 2. The van der Waals surface area contributed by atoms with Crippen LogP contribution in [-0.4, -0.2) is 52.9 Å². The summed E-state index contributed by atoms with van der Waals surface area (Å²) in [4.78, 5) is 28.1. The summed E-state index contributed by atoms with van der Waals surface area (Å²) >= 11 is 0. The second-order valence-electron chi connectivity index (χ2n) is 5.89. The van der Waals surface area contributed by atoms with Gasteiger partial charge >= 0.3 is 18.3 Å². The van der Waals surface area contributed by atoms with Gasteiger partial charge in [0.25, 0.3) is 5.56 Å². The zero-order valence-corrected chi connectivity index (χ0v) is 13.9.